The fraction of sp³-hybridized carbons (Fsp3) is 0.529. The molecule has 1 N–H and O–H groups in total. The van der Waals surface area contributed by atoms with E-state index in [-0.39, 0.29) is 0 Å². The lowest BCUT2D eigenvalue weighted by molar-refractivity contribution is -0.163. The Morgan fingerprint density at radius 2 is 1.91 bits per heavy atom. The molecule has 0 spiro atoms. The molecule has 1 aromatic rings. The predicted molar refractivity (Wildman–Crippen MR) is 82.4 cm³/mol. The van der Waals surface area contributed by atoms with E-state index in [0.29, 0.717) is 13.0 Å². The highest BCUT2D eigenvalue weighted by molar-refractivity contribution is 5.80. The second-order valence-electron chi connectivity index (χ2n) is 6.58. The molecule has 1 aromatic carbocycles. The molecule has 2 rings (SSSR count). The van der Waals surface area contributed by atoms with E-state index in [0.717, 1.165) is 12.0 Å². The summed E-state index contributed by atoms with van der Waals surface area (Å²) in [5, 5.41) is 9.40. The van der Waals surface area contributed by atoms with Gasteiger partial charge < -0.3 is 9.84 Å². The Morgan fingerprint density at radius 3 is 2.45 bits per heavy atom. The second-order valence-corrected chi connectivity index (χ2v) is 6.58. The molecular weight excluding hydrogens is 282 g/mol. The molecule has 0 aromatic heterocycles. The lowest BCUT2D eigenvalue weighted by atomic mass is 10.0. The van der Waals surface area contributed by atoms with E-state index >= 15 is 0 Å². The van der Waals surface area contributed by atoms with Gasteiger partial charge >= 0.3 is 11.9 Å². The van der Waals surface area contributed by atoms with Crippen molar-refractivity contribution < 1.29 is 19.4 Å². The smallest absolute Gasteiger partial charge is 0.328 e. The van der Waals surface area contributed by atoms with E-state index < -0.39 is 29.6 Å². The van der Waals surface area contributed by atoms with E-state index in [1.165, 1.54) is 0 Å². The number of hydrogen-bond acceptors (Lipinski definition) is 4. The SMILES string of the molecule is CC(C)(C)OC(=O)C(c1ccccc1)N1CCC[C@H]1C(=O)O. The fourth-order valence-electron chi connectivity index (χ4n) is 2.82. The van der Waals surface area contributed by atoms with Crippen molar-refractivity contribution in [2.75, 3.05) is 6.54 Å². The molecule has 0 aliphatic carbocycles. The van der Waals surface area contributed by atoms with Crippen molar-refractivity contribution in [3.05, 3.63) is 35.9 Å². The zero-order chi connectivity index (χ0) is 16.3. The van der Waals surface area contributed by atoms with Gasteiger partial charge in [0.1, 0.15) is 17.7 Å². The summed E-state index contributed by atoms with van der Waals surface area (Å²) in [6.45, 7) is 6.01. The Morgan fingerprint density at radius 1 is 1.27 bits per heavy atom. The summed E-state index contributed by atoms with van der Waals surface area (Å²) in [5.74, 6) is -1.28. The summed E-state index contributed by atoms with van der Waals surface area (Å²) in [7, 11) is 0. The number of carbonyl (C=O) groups excluding carboxylic acids is 1. The molecule has 1 heterocycles. The average Bonchev–Trinajstić information content (AvgIpc) is 2.87. The van der Waals surface area contributed by atoms with Gasteiger partial charge in [0, 0.05) is 6.54 Å². The number of hydrogen-bond donors (Lipinski definition) is 1. The van der Waals surface area contributed by atoms with Crippen molar-refractivity contribution >= 4 is 11.9 Å². The van der Waals surface area contributed by atoms with Crippen LogP contribution in [-0.4, -0.2) is 40.1 Å². The van der Waals surface area contributed by atoms with Crippen molar-refractivity contribution in [2.24, 2.45) is 0 Å². The third kappa shape index (κ3) is 3.85. The van der Waals surface area contributed by atoms with Crippen LogP contribution in [0.2, 0.25) is 0 Å². The summed E-state index contributed by atoms with van der Waals surface area (Å²) in [6, 6.07) is 7.92. The maximum absolute atomic E-state index is 12.7. The molecule has 120 valence electrons. The van der Waals surface area contributed by atoms with Gasteiger partial charge in [0.15, 0.2) is 0 Å². The van der Waals surface area contributed by atoms with Crippen LogP contribution in [0, 0.1) is 0 Å². The minimum absolute atomic E-state index is 0.396. The summed E-state index contributed by atoms with van der Waals surface area (Å²) in [5.41, 5.74) is 0.160. The summed E-state index contributed by atoms with van der Waals surface area (Å²) in [4.78, 5) is 25.9. The molecule has 1 fully saturated rings. The Bertz CT molecular complexity index is 535. The Kier molecular flexibility index (Phi) is 4.86. The van der Waals surface area contributed by atoms with Gasteiger partial charge in [-0.15, -0.1) is 0 Å². The number of ether oxygens (including phenoxy) is 1. The molecule has 0 bridgehead atoms. The highest BCUT2D eigenvalue weighted by Crippen LogP contribution is 2.31. The maximum Gasteiger partial charge on any atom is 0.328 e. The minimum atomic E-state index is -0.887. The molecule has 1 aliphatic rings. The number of carbonyl (C=O) groups is 2. The molecule has 0 saturated carbocycles. The summed E-state index contributed by atoms with van der Waals surface area (Å²) in [6.07, 6.45) is 1.32. The van der Waals surface area contributed by atoms with Crippen LogP contribution >= 0.6 is 0 Å². The lowest BCUT2D eigenvalue weighted by Crippen LogP contribution is -2.43. The third-order valence-corrected chi connectivity index (χ3v) is 3.66. The van der Waals surface area contributed by atoms with Crippen molar-refractivity contribution in [1.29, 1.82) is 0 Å². The van der Waals surface area contributed by atoms with Gasteiger partial charge in [-0.3, -0.25) is 9.69 Å². The lowest BCUT2D eigenvalue weighted by Gasteiger charge is -2.32. The van der Waals surface area contributed by atoms with Crippen molar-refractivity contribution in [3.8, 4) is 0 Å². The molecule has 2 atom stereocenters. The molecule has 1 saturated heterocycles. The monoisotopic (exact) mass is 305 g/mol. The highest BCUT2D eigenvalue weighted by atomic mass is 16.6. The average molecular weight is 305 g/mol. The van der Waals surface area contributed by atoms with Crippen molar-refractivity contribution in [1.82, 2.24) is 4.90 Å². The van der Waals surface area contributed by atoms with E-state index in [9.17, 15) is 14.7 Å². The van der Waals surface area contributed by atoms with Crippen LogP contribution in [0.5, 0.6) is 0 Å². The Hall–Kier alpha value is -1.88. The van der Waals surface area contributed by atoms with Crippen LogP contribution in [-0.2, 0) is 14.3 Å². The van der Waals surface area contributed by atoms with Crippen LogP contribution in [0.25, 0.3) is 0 Å². The third-order valence-electron chi connectivity index (χ3n) is 3.66. The molecule has 22 heavy (non-hydrogen) atoms. The first-order chi connectivity index (χ1) is 10.3. The van der Waals surface area contributed by atoms with Gasteiger partial charge in [-0.05, 0) is 39.2 Å². The molecule has 0 radical (unpaired) electrons. The second kappa shape index (κ2) is 6.48. The maximum atomic E-state index is 12.7. The van der Waals surface area contributed by atoms with E-state index in [1.54, 1.807) is 4.90 Å². The number of nitrogens with zero attached hydrogens (tertiary/aromatic N) is 1. The number of rotatable bonds is 4. The van der Waals surface area contributed by atoms with Gasteiger partial charge in [-0.1, -0.05) is 30.3 Å². The summed E-state index contributed by atoms with van der Waals surface area (Å²) >= 11 is 0. The van der Waals surface area contributed by atoms with Gasteiger partial charge in [0.05, 0.1) is 0 Å². The van der Waals surface area contributed by atoms with Crippen LogP contribution < -0.4 is 0 Å². The molecule has 5 heteroatoms. The first-order valence-electron chi connectivity index (χ1n) is 7.56. The van der Waals surface area contributed by atoms with Crippen LogP contribution in [0.1, 0.15) is 45.2 Å². The number of esters is 1. The zero-order valence-electron chi connectivity index (χ0n) is 13.3. The zero-order valence-corrected chi connectivity index (χ0v) is 13.3. The number of carboxylic acid groups (broad SMARTS) is 1. The number of benzene rings is 1. The quantitative estimate of drug-likeness (QED) is 0.866. The molecule has 0 amide bonds. The number of likely N-dealkylation sites (tertiary alicyclic amines) is 1. The van der Waals surface area contributed by atoms with Crippen molar-refractivity contribution in [2.45, 2.75) is 51.3 Å². The first-order valence-corrected chi connectivity index (χ1v) is 7.56. The molecular formula is C17H23NO4. The van der Waals surface area contributed by atoms with Crippen molar-refractivity contribution in [3.63, 3.8) is 0 Å². The predicted octanol–water partition coefficient (Wildman–Crippen LogP) is 2.62. The van der Waals surface area contributed by atoms with Gasteiger partial charge in [-0.2, -0.15) is 0 Å². The van der Waals surface area contributed by atoms with Crippen LogP contribution in [0.15, 0.2) is 30.3 Å². The molecule has 5 nitrogen and oxygen atoms in total. The number of carboxylic acids is 1. The molecule has 1 unspecified atom stereocenters. The van der Waals surface area contributed by atoms with Crippen LogP contribution in [0.4, 0.5) is 0 Å². The van der Waals surface area contributed by atoms with Gasteiger partial charge in [0.25, 0.3) is 0 Å². The topological polar surface area (TPSA) is 66.8 Å². The van der Waals surface area contributed by atoms with Gasteiger partial charge in [0.2, 0.25) is 0 Å². The standard InChI is InChI=1S/C17H23NO4/c1-17(2,3)22-16(21)14(12-8-5-4-6-9-12)18-11-7-10-13(18)15(19)20/h4-6,8-9,13-14H,7,10-11H2,1-3H3,(H,19,20)/t13-,14?/m0/s1. The van der Waals surface area contributed by atoms with E-state index in [4.69, 9.17) is 4.74 Å². The van der Waals surface area contributed by atoms with Gasteiger partial charge in [-0.25, -0.2) is 4.79 Å². The largest absolute Gasteiger partial charge is 0.480 e. The van der Waals surface area contributed by atoms with E-state index in [1.807, 2.05) is 51.1 Å². The fourth-order valence-corrected chi connectivity index (χ4v) is 2.82. The van der Waals surface area contributed by atoms with Crippen LogP contribution in [0.3, 0.4) is 0 Å². The first kappa shape index (κ1) is 16.5. The Labute approximate surface area is 130 Å². The summed E-state index contributed by atoms with van der Waals surface area (Å²) < 4.78 is 5.52. The number of aliphatic carboxylic acids is 1. The molecule has 1 aliphatic heterocycles. The minimum Gasteiger partial charge on any atom is -0.480 e. The highest BCUT2D eigenvalue weighted by Gasteiger charge is 2.41. The Balaban J connectivity index is 2.34. The normalized spacial score (nSPS) is 20.6. The van der Waals surface area contributed by atoms with E-state index in [2.05, 4.69) is 0 Å².